The lowest BCUT2D eigenvalue weighted by Gasteiger charge is -2.36. The molecule has 2 heterocycles. The van der Waals surface area contributed by atoms with Crippen LogP contribution < -0.4 is 10.2 Å². The van der Waals surface area contributed by atoms with Crippen LogP contribution in [0.4, 0.5) is 11.5 Å². The maximum atomic E-state index is 13.4. The normalized spacial score (nSPS) is 14.8. The second kappa shape index (κ2) is 10.8. The molecule has 0 spiro atoms. The number of nitrogens with zero attached hydrogens (tertiary/aromatic N) is 5. The second-order valence-electron chi connectivity index (χ2n) is 9.60. The first-order valence-corrected chi connectivity index (χ1v) is 12.6. The number of hydrogen-bond donors (Lipinski definition) is 1. The van der Waals surface area contributed by atoms with Gasteiger partial charge >= 0.3 is 0 Å². The summed E-state index contributed by atoms with van der Waals surface area (Å²) in [4.78, 5) is 27.6. The number of amides is 1. The lowest BCUT2D eigenvalue weighted by Crippen LogP contribution is -2.46. The zero-order chi connectivity index (χ0) is 25.8. The van der Waals surface area contributed by atoms with Gasteiger partial charge in [-0.2, -0.15) is 5.26 Å². The fourth-order valence-corrected chi connectivity index (χ4v) is 4.90. The van der Waals surface area contributed by atoms with Crippen LogP contribution >= 0.6 is 0 Å². The maximum Gasteiger partial charge on any atom is 0.248 e. The highest BCUT2D eigenvalue weighted by atomic mass is 16.1. The number of para-hydroxylation sites is 2. The number of nitrogens with one attached hydrogen (secondary N) is 1. The molecule has 1 aliphatic rings. The molecule has 1 atom stereocenters. The van der Waals surface area contributed by atoms with Crippen LogP contribution in [0.1, 0.15) is 28.3 Å². The topological polar surface area (TPSA) is 85.1 Å². The van der Waals surface area contributed by atoms with Crippen molar-refractivity contribution in [2.24, 2.45) is 0 Å². The van der Waals surface area contributed by atoms with Crippen molar-refractivity contribution in [3.63, 3.8) is 0 Å². The van der Waals surface area contributed by atoms with E-state index in [4.69, 9.17) is 9.97 Å². The number of aromatic nitrogens is 2. The molecule has 7 heteroatoms. The highest BCUT2D eigenvalue weighted by molar-refractivity contribution is 5.98. The summed E-state index contributed by atoms with van der Waals surface area (Å²) in [6.45, 7) is 8.05. The van der Waals surface area contributed by atoms with Crippen LogP contribution in [0, 0.1) is 25.2 Å². The molecular weight excluding hydrogens is 460 g/mol. The minimum atomic E-state index is -1.09. The van der Waals surface area contributed by atoms with E-state index in [0.29, 0.717) is 22.7 Å². The van der Waals surface area contributed by atoms with E-state index in [1.54, 1.807) is 0 Å². The molecule has 1 N–H and O–H groups in total. The monoisotopic (exact) mass is 490 g/mol. The highest BCUT2D eigenvalue weighted by Crippen LogP contribution is 2.29. The first-order chi connectivity index (χ1) is 18.0. The molecule has 3 aromatic carbocycles. The van der Waals surface area contributed by atoms with E-state index >= 15 is 0 Å². The van der Waals surface area contributed by atoms with E-state index in [-0.39, 0.29) is 0 Å². The molecule has 0 saturated carbocycles. The lowest BCUT2D eigenvalue weighted by molar-refractivity contribution is -0.116. The molecular formula is C30H30N6O. The molecule has 186 valence electrons. The summed E-state index contributed by atoms with van der Waals surface area (Å²) in [5, 5.41) is 13.1. The van der Waals surface area contributed by atoms with Crippen LogP contribution in [0.5, 0.6) is 0 Å². The first kappa shape index (κ1) is 24.4. The second-order valence-corrected chi connectivity index (χ2v) is 9.60. The van der Waals surface area contributed by atoms with Gasteiger partial charge in [0.1, 0.15) is 5.69 Å². The summed E-state index contributed by atoms with van der Waals surface area (Å²) < 4.78 is 0. The number of benzene rings is 3. The van der Waals surface area contributed by atoms with Crippen molar-refractivity contribution in [3.8, 4) is 6.07 Å². The van der Waals surface area contributed by atoms with Gasteiger partial charge in [0.15, 0.2) is 11.7 Å². The van der Waals surface area contributed by atoms with Crippen molar-refractivity contribution in [2.75, 3.05) is 36.4 Å². The Morgan fingerprint density at radius 1 is 0.919 bits per heavy atom. The minimum Gasteiger partial charge on any atom is -0.352 e. The summed E-state index contributed by atoms with van der Waals surface area (Å²) in [6, 6.07) is 26.1. The van der Waals surface area contributed by atoms with Crippen LogP contribution in [-0.2, 0) is 11.3 Å². The zero-order valence-corrected chi connectivity index (χ0v) is 21.2. The largest absolute Gasteiger partial charge is 0.352 e. The van der Waals surface area contributed by atoms with Gasteiger partial charge in [0, 0.05) is 38.4 Å². The number of piperazine rings is 1. The molecule has 1 aliphatic heterocycles. The predicted molar refractivity (Wildman–Crippen MR) is 146 cm³/mol. The van der Waals surface area contributed by atoms with Gasteiger partial charge in [0.25, 0.3) is 0 Å². The Morgan fingerprint density at radius 3 is 2.19 bits per heavy atom. The summed E-state index contributed by atoms with van der Waals surface area (Å²) in [6.07, 6.45) is 0. The SMILES string of the molecule is Cc1cc(C)cc(NC(=O)[C@@H](C#N)c2nc3ccccc3nc2N2CCN(Cc3ccccc3)CC2)c1. The van der Waals surface area contributed by atoms with Gasteiger partial charge in [-0.25, -0.2) is 9.97 Å². The Labute approximate surface area is 217 Å². The van der Waals surface area contributed by atoms with Gasteiger partial charge < -0.3 is 10.2 Å². The Hall–Kier alpha value is -4.28. The molecule has 37 heavy (non-hydrogen) atoms. The van der Waals surface area contributed by atoms with E-state index in [9.17, 15) is 10.1 Å². The smallest absolute Gasteiger partial charge is 0.248 e. The molecule has 1 saturated heterocycles. The average Bonchev–Trinajstić information content (AvgIpc) is 2.89. The van der Waals surface area contributed by atoms with Crippen molar-refractivity contribution in [1.82, 2.24) is 14.9 Å². The zero-order valence-electron chi connectivity index (χ0n) is 21.2. The van der Waals surface area contributed by atoms with E-state index in [0.717, 1.165) is 49.4 Å². The van der Waals surface area contributed by atoms with Crippen LogP contribution in [0.2, 0.25) is 0 Å². The molecule has 4 aromatic rings. The Morgan fingerprint density at radius 2 is 1.54 bits per heavy atom. The number of rotatable bonds is 6. The number of anilines is 2. The van der Waals surface area contributed by atoms with Gasteiger partial charge in [-0.15, -0.1) is 0 Å². The van der Waals surface area contributed by atoms with Gasteiger partial charge in [0.2, 0.25) is 5.91 Å². The summed E-state index contributed by atoms with van der Waals surface area (Å²) in [7, 11) is 0. The van der Waals surface area contributed by atoms with Crippen LogP contribution in [0.3, 0.4) is 0 Å². The molecule has 5 rings (SSSR count). The number of aryl methyl sites for hydroxylation is 2. The molecule has 1 aromatic heterocycles. The standard InChI is InChI=1S/C30H30N6O/c1-21-16-22(2)18-24(17-21)32-30(37)25(19-31)28-29(34-27-11-7-6-10-26(27)33-28)36-14-12-35(13-15-36)20-23-8-4-3-5-9-23/h3-11,16-18,25H,12-15,20H2,1-2H3,(H,32,37)/t25-/m0/s1. The van der Waals surface area contributed by atoms with E-state index in [1.807, 2.05) is 62.4 Å². The quantitative estimate of drug-likeness (QED) is 0.417. The fourth-order valence-electron chi connectivity index (χ4n) is 4.90. The van der Waals surface area contributed by atoms with Gasteiger partial charge in [-0.1, -0.05) is 48.5 Å². The van der Waals surface area contributed by atoms with Crippen molar-refractivity contribution in [3.05, 3.63) is 95.2 Å². The third-order valence-corrected chi connectivity index (χ3v) is 6.65. The number of hydrogen-bond acceptors (Lipinski definition) is 6. The number of nitriles is 1. The molecule has 0 bridgehead atoms. The predicted octanol–water partition coefficient (Wildman–Crippen LogP) is 4.81. The van der Waals surface area contributed by atoms with E-state index in [1.165, 1.54) is 5.56 Å². The summed E-state index contributed by atoms with van der Waals surface area (Å²) in [5.74, 6) is -0.878. The Kier molecular flexibility index (Phi) is 7.11. The maximum absolute atomic E-state index is 13.4. The third kappa shape index (κ3) is 5.60. The van der Waals surface area contributed by atoms with Crippen molar-refractivity contribution >= 4 is 28.4 Å². The minimum absolute atomic E-state index is 0.402. The molecule has 1 amide bonds. The van der Waals surface area contributed by atoms with Crippen LogP contribution in [0.25, 0.3) is 11.0 Å². The molecule has 0 radical (unpaired) electrons. The Balaban J connectivity index is 1.42. The molecule has 7 nitrogen and oxygen atoms in total. The van der Waals surface area contributed by atoms with Gasteiger partial charge in [0.05, 0.1) is 17.1 Å². The van der Waals surface area contributed by atoms with E-state index < -0.39 is 11.8 Å². The van der Waals surface area contributed by atoms with Crippen molar-refractivity contribution in [1.29, 1.82) is 5.26 Å². The van der Waals surface area contributed by atoms with Gasteiger partial charge in [-0.3, -0.25) is 9.69 Å². The van der Waals surface area contributed by atoms with Gasteiger partial charge in [-0.05, 0) is 54.8 Å². The third-order valence-electron chi connectivity index (χ3n) is 6.65. The first-order valence-electron chi connectivity index (χ1n) is 12.6. The lowest BCUT2D eigenvalue weighted by atomic mass is 10.0. The van der Waals surface area contributed by atoms with E-state index in [2.05, 4.69) is 45.5 Å². The van der Waals surface area contributed by atoms with Crippen molar-refractivity contribution in [2.45, 2.75) is 26.3 Å². The summed E-state index contributed by atoms with van der Waals surface area (Å²) in [5.41, 5.74) is 5.87. The van der Waals surface area contributed by atoms with Crippen LogP contribution in [-0.4, -0.2) is 47.0 Å². The van der Waals surface area contributed by atoms with Crippen LogP contribution in [0.15, 0.2) is 72.8 Å². The average molecular weight is 491 g/mol. The fraction of sp³-hybridized carbons (Fsp3) is 0.267. The highest BCUT2D eigenvalue weighted by Gasteiger charge is 2.30. The van der Waals surface area contributed by atoms with Crippen molar-refractivity contribution < 1.29 is 4.79 Å². The molecule has 0 aliphatic carbocycles. The number of carbonyl (C=O) groups is 1. The number of carbonyl (C=O) groups excluding carboxylic acids is 1. The molecule has 1 fully saturated rings. The Bertz CT molecular complexity index is 1430. The number of fused-ring (bicyclic) bond motifs is 1. The summed E-state index contributed by atoms with van der Waals surface area (Å²) >= 11 is 0. The molecule has 0 unspecified atom stereocenters.